The molecule has 1 atom stereocenters. The van der Waals surface area contributed by atoms with Crippen LogP contribution in [0.1, 0.15) is 33.1 Å². The molecule has 3 nitrogen and oxygen atoms in total. The van der Waals surface area contributed by atoms with Gasteiger partial charge in [0.25, 0.3) is 0 Å². The largest absolute Gasteiger partial charge is 0.378 e. The number of carbonyl (C=O) groups excluding carboxylic acids is 1. The van der Waals surface area contributed by atoms with Crippen LogP contribution in [0.4, 0.5) is 0 Å². The van der Waals surface area contributed by atoms with E-state index in [2.05, 4.69) is 18.7 Å². The Kier molecular flexibility index (Phi) is 5.12. The molecule has 1 saturated heterocycles. The molecule has 0 aliphatic carbocycles. The lowest BCUT2D eigenvalue weighted by molar-refractivity contribution is -0.122. The molecule has 0 amide bonds. The summed E-state index contributed by atoms with van der Waals surface area (Å²) in [5.74, 6) is 0.368. The summed E-state index contributed by atoms with van der Waals surface area (Å²) in [5.41, 5.74) is 0. The summed E-state index contributed by atoms with van der Waals surface area (Å²) in [6, 6.07) is 0.449. The summed E-state index contributed by atoms with van der Waals surface area (Å²) in [6.45, 7) is 7.29. The Balaban J connectivity index is 2.36. The fourth-order valence-corrected chi connectivity index (χ4v) is 1.86. The van der Waals surface area contributed by atoms with Gasteiger partial charge in [0.2, 0.25) is 0 Å². The van der Waals surface area contributed by atoms with Crippen molar-refractivity contribution in [2.24, 2.45) is 0 Å². The fraction of sp³-hybridized carbons (Fsp3) is 0.909. The molecule has 14 heavy (non-hydrogen) atoms. The first kappa shape index (κ1) is 11.7. The van der Waals surface area contributed by atoms with Gasteiger partial charge in [0.15, 0.2) is 0 Å². The number of ketones is 1. The predicted molar refractivity (Wildman–Crippen MR) is 56.4 cm³/mol. The fourth-order valence-electron chi connectivity index (χ4n) is 1.86. The van der Waals surface area contributed by atoms with E-state index < -0.39 is 0 Å². The topological polar surface area (TPSA) is 29.5 Å². The third-order valence-electron chi connectivity index (χ3n) is 2.73. The number of carbonyl (C=O) groups is 1. The predicted octanol–water partition coefficient (Wildman–Crippen LogP) is 1.47. The first-order valence-corrected chi connectivity index (χ1v) is 5.61. The Hall–Kier alpha value is -0.410. The van der Waals surface area contributed by atoms with Gasteiger partial charge in [0.05, 0.1) is 19.8 Å². The minimum absolute atomic E-state index is 0.368. The second-order valence-corrected chi connectivity index (χ2v) is 3.90. The molecular weight excluding hydrogens is 178 g/mol. The molecule has 0 radical (unpaired) electrons. The van der Waals surface area contributed by atoms with Crippen LogP contribution in [0.15, 0.2) is 0 Å². The van der Waals surface area contributed by atoms with E-state index in [-0.39, 0.29) is 0 Å². The van der Waals surface area contributed by atoms with Crippen molar-refractivity contribution < 1.29 is 9.53 Å². The normalized spacial score (nSPS) is 23.7. The van der Waals surface area contributed by atoms with Crippen molar-refractivity contribution >= 4 is 5.78 Å². The maximum Gasteiger partial charge on any atom is 0.146 e. The molecule has 0 spiro atoms. The van der Waals surface area contributed by atoms with Gasteiger partial charge in [-0.1, -0.05) is 13.8 Å². The Morgan fingerprint density at radius 2 is 2.29 bits per heavy atom. The molecule has 0 aromatic carbocycles. The first-order chi connectivity index (χ1) is 6.77. The molecular formula is C11H21NO2. The van der Waals surface area contributed by atoms with Crippen LogP contribution in [0.2, 0.25) is 0 Å². The monoisotopic (exact) mass is 199 g/mol. The molecule has 82 valence electrons. The smallest absolute Gasteiger partial charge is 0.146 e. The highest BCUT2D eigenvalue weighted by atomic mass is 16.5. The van der Waals surface area contributed by atoms with Gasteiger partial charge < -0.3 is 4.74 Å². The lowest BCUT2D eigenvalue weighted by atomic mass is 10.1. The Morgan fingerprint density at radius 1 is 1.50 bits per heavy atom. The van der Waals surface area contributed by atoms with E-state index in [1.807, 2.05) is 0 Å². The van der Waals surface area contributed by atoms with Crippen LogP contribution in [-0.2, 0) is 9.53 Å². The molecule has 0 N–H and O–H groups in total. The van der Waals surface area contributed by atoms with Gasteiger partial charge in [-0.25, -0.2) is 0 Å². The summed E-state index contributed by atoms with van der Waals surface area (Å²) >= 11 is 0. The zero-order chi connectivity index (χ0) is 10.4. The van der Waals surface area contributed by atoms with Crippen LogP contribution in [0, 0.1) is 0 Å². The van der Waals surface area contributed by atoms with Crippen LogP contribution in [0.3, 0.4) is 0 Å². The Bertz CT molecular complexity index is 182. The minimum atomic E-state index is 0.368. The maximum absolute atomic E-state index is 11.5. The lowest BCUT2D eigenvalue weighted by Gasteiger charge is -2.34. The third-order valence-corrected chi connectivity index (χ3v) is 2.73. The van der Waals surface area contributed by atoms with E-state index in [4.69, 9.17) is 4.74 Å². The van der Waals surface area contributed by atoms with Gasteiger partial charge in [0, 0.05) is 19.0 Å². The summed E-state index contributed by atoms with van der Waals surface area (Å²) in [5, 5.41) is 0. The highest BCUT2D eigenvalue weighted by Gasteiger charge is 2.22. The first-order valence-electron chi connectivity index (χ1n) is 5.61. The van der Waals surface area contributed by atoms with Crippen molar-refractivity contribution in [3.05, 3.63) is 0 Å². The highest BCUT2D eigenvalue weighted by molar-refractivity contribution is 5.80. The lowest BCUT2D eigenvalue weighted by Crippen LogP contribution is -2.47. The number of ether oxygens (including phenoxy) is 1. The van der Waals surface area contributed by atoms with Crippen molar-refractivity contribution in [1.82, 2.24) is 4.90 Å². The number of Topliss-reactive ketones (excluding diaryl/α,β-unsaturated/α-hetero) is 1. The van der Waals surface area contributed by atoms with Crippen molar-refractivity contribution in [2.45, 2.75) is 39.2 Å². The van der Waals surface area contributed by atoms with Crippen LogP contribution in [-0.4, -0.2) is 43.0 Å². The summed E-state index contributed by atoms with van der Waals surface area (Å²) in [6.07, 6.45) is 2.74. The molecule has 0 aromatic rings. The van der Waals surface area contributed by atoms with Gasteiger partial charge in [-0.05, 0) is 12.8 Å². The molecule has 1 aliphatic rings. The standard InChI is InChI=1S/C11H21NO2/c1-3-5-11(13)8-12-6-7-14-9-10(12)4-2/h10H,3-9H2,1-2H3. The molecule has 1 rings (SSSR count). The van der Waals surface area contributed by atoms with Gasteiger partial charge in [-0.15, -0.1) is 0 Å². The second-order valence-electron chi connectivity index (χ2n) is 3.90. The molecule has 1 heterocycles. The zero-order valence-electron chi connectivity index (χ0n) is 9.29. The van der Waals surface area contributed by atoms with Crippen LogP contribution >= 0.6 is 0 Å². The summed E-state index contributed by atoms with van der Waals surface area (Å²) < 4.78 is 5.39. The Labute approximate surface area is 86.4 Å². The van der Waals surface area contributed by atoms with E-state index in [1.54, 1.807) is 0 Å². The van der Waals surface area contributed by atoms with Crippen molar-refractivity contribution in [1.29, 1.82) is 0 Å². The number of nitrogens with zero attached hydrogens (tertiary/aromatic N) is 1. The highest BCUT2D eigenvalue weighted by Crippen LogP contribution is 2.10. The molecule has 1 aliphatic heterocycles. The van der Waals surface area contributed by atoms with Crippen LogP contribution < -0.4 is 0 Å². The van der Waals surface area contributed by atoms with E-state index in [1.165, 1.54) is 0 Å². The molecule has 0 bridgehead atoms. The van der Waals surface area contributed by atoms with Crippen molar-refractivity contribution in [3.8, 4) is 0 Å². The maximum atomic E-state index is 11.5. The van der Waals surface area contributed by atoms with Crippen molar-refractivity contribution in [3.63, 3.8) is 0 Å². The number of hydrogen-bond acceptors (Lipinski definition) is 3. The van der Waals surface area contributed by atoms with Gasteiger partial charge in [-0.2, -0.15) is 0 Å². The molecule has 1 unspecified atom stereocenters. The van der Waals surface area contributed by atoms with Gasteiger partial charge in [-0.3, -0.25) is 9.69 Å². The zero-order valence-corrected chi connectivity index (χ0v) is 9.29. The average Bonchev–Trinajstić information content (AvgIpc) is 2.19. The number of morpholine rings is 1. The van der Waals surface area contributed by atoms with Crippen LogP contribution in [0.25, 0.3) is 0 Å². The molecule has 0 saturated carbocycles. The summed E-state index contributed by atoms with van der Waals surface area (Å²) in [7, 11) is 0. The molecule has 1 fully saturated rings. The SMILES string of the molecule is CCCC(=O)CN1CCOCC1CC. The Morgan fingerprint density at radius 3 is 2.93 bits per heavy atom. The van der Waals surface area contributed by atoms with E-state index in [9.17, 15) is 4.79 Å². The second kappa shape index (κ2) is 6.14. The van der Waals surface area contributed by atoms with E-state index in [0.29, 0.717) is 24.8 Å². The number of rotatable bonds is 5. The average molecular weight is 199 g/mol. The van der Waals surface area contributed by atoms with Crippen molar-refractivity contribution in [2.75, 3.05) is 26.3 Å². The van der Waals surface area contributed by atoms with Gasteiger partial charge in [0.1, 0.15) is 5.78 Å². The quantitative estimate of drug-likeness (QED) is 0.671. The summed E-state index contributed by atoms with van der Waals surface area (Å²) in [4.78, 5) is 13.8. The van der Waals surface area contributed by atoms with E-state index in [0.717, 1.165) is 32.6 Å². The van der Waals surface area contributed by atoms with E-state index >= 15 is 0 Å². The molecule has 0 aromatic heterocycles. The number of hydrogen-bond donors (Lipinski definition) is 0. The third kappa shape index (κ3) is 3.39. The van der Waals surface area contributed by atoms with Gasteiger partial charge >= 0.3 is 0 Å². The molecule has 3 heteroatoms. The van der Waals surface area contributed by atoms with Crippen LogP contribution in [0.5, 0.6) is 0 Å². The minimum Gasteiger partial charge on any atom is -0.378 e.